The number of ether oxygens (including phenoxy) is 2. The van der Waals surface area contributed by atoms with E-state index in [-0.39, 0.29) is 0 Å². The normalized spacial score (nSPS) is 10.8. The number of methoxy groups -OCH3 is 2. The minimum atomic E-state index is 0.716. The van der Waals surface area contributed by atoms with Crippen LogP contribution in [0.1, 0.15) is 5.69 Å². The summed E-state index contributed by atoms with van der Waals surface area (Å²) in [5, 5.41) is 1.12. The largest absolute Gasteiger partial charge is 0.493 e. The molecule has 0 saturated heterocycles. The third kappa shape index (κ3) is 3.24. The zero-order chi connectivity index (χ0) is 18.8. The molecule has 1 heterocycles. The molecule has 27 heavy (non-hydrogen) atoms. The van der Waals surface area contributed by atoms with E-state index in [1.54, 1.807) is 14.2 Å². The van der Waals surface area contributed by atoms with E-state index in [1.165, 1.54) is 5.56 Å². The van der Waals surface area contributed by atoms with Crippen LogP contribution in [0, 0.1) is 6.92 Å². The lowest BCUT2D eigenvalue weighted by Gasteiger charge is -2.14. The van der Waals surface area contributed by atoms with Gasteiger partial charge in [0.2, 0.25) is 0 Å². The highest BCUT2D eigenvalue weighted by Gasteiger charge is 2.12. The van der Waals surface area contributed by atoms with E-state index >= 15 is 0 Å². The van der Waals surface area contributed by atoms with Gasteiger partial charge in [-0.05, 0) is 59.5 Å². The molecule has 0 fully saturated rings. The summed E-state index contributed by atoms with van der Waals surface area (Å²) >= 11 is 0. The van der Waals surface area contributed by atoms with Crippen LogP contribution in [0.15, 0.2) is 72.8 Å². The minimum Gasteiger partial charge on any atom is -0.493 e. The number of aryl methyl sites for hydroxylation is 1. The van der Waals surface area contributed by atoms with Crippen molar-refractivity contribution in [3.8, 4) is 33.8 Å². The monoisotopic (exact) mass is 355 g/mol. The molecular formula is C24H21NO2. The fourth-order valence-corrected chi connectivity index (χ4v) is 3.38. The Morgan fingerprint density at radius 2 is 1.44 bits per heavy atom. The van der Waals surface area contributed by atoms with E-state index in [4.69, 9.17) is 14.5 Å². The van der Waals surface area contributed by atoms with Crippen molar-refractivity contribution >= 4 is 10.9 Å². The van der Waals surface area contributed by atoms with E-state index in [1.807, 2.05) is 25.1 Å². The van der Waals surface area contributed by atoms with Crippen molar-refractivity contribution in [2.75, 3.05) is 14.2 Å². The number of rotatable bonds is 4. The Morgan fingerprint density at radius 3 is 2.19 bits per heavy atom. The average molecular weight is 355 g/mol. The van der Waals surface area contributed by atoms with Crippen LogP contribution in [0.25, 0.3) is 33.2 Å². The van der Waals surface area contributed by atoms with Crippen molar-refractivity contribution in [1.29, 1.82) is 0 Å². The fourth-order valence-electron chi connectivity index (χ4n) is 3.38. The second-order valence-corrected chi connectivity index (χ2v) is 6.48. The molecule has 0 radical (unpaired) electrons. The van der Waals surface area contributed by atoms with Gasteiger partial charge in [0.15, 0.2) is 11.5 Å². The van der Waals surface area contributed by atoms with Gasteiger partial charge in [-0.3, -0.25) is 4.98 Å². The van der Waals surface area contributed by atoms with E-state index in [0.29, 0.717) is 5.75 Å². The second kappa shape index (κ2) is 7.12. The SMILES string of the molecule is COc1ccc(-c2cc(-c3ccccc3)cc3nc(C)ccc23)cc1OC. The lowest BCUT2D eigenvalue weighted by Crippen LogP contribution is -1.92. The van der Waals surface area contributed by atoms with Crippen molar-refractivity contribution in [2.24, 2.45) is 0 Å². The van der Waals surface area contributed by atoms with E-state index in [9.17, 15) is 0 Å². The summed E-state index contributed by atoms with van der Waals surface area (Å²) in [5.74, 6) is 1.44. The molecule has 3 heteroatoms. The predicted molar refractivity (Wildman–Crippen MR) is 110 cm³/mol. The Kier molecular flexibility index (Phi) is 4.51. The summed E-state index contributed by atoms with van der Waals surface area (Å²) in [6, 6.07) is 25.0. The Balaban J connectivity index is 1.99. The Hall–Kier alpha value is -3.33. The molecule has 4 aromatic rings. The van der Waals surface area contributed by atoms with Gasteiger partial charge in [-0.15, -0.1) is 0 Å². The zero-order valence-electron chi connectivity index (χ0n) is 15.7. The third-order valence-electron chi connectivity index (χ3n) is 4.75. The minimum absolute atomic E-state index is 0.716. The zero-order valence-corrected chi connectivity index (χ0v) is 15.7. The average Bonchev–Trinajstić information content (AvgIpc) is 2.72. The smallest absolute Gasteiger partial charge is 0.161 e. The Morgan fingerprint density at radius 1 is 0.667 bits per heavy atom. The lowest BCUT2D eigenvalue weighted by atomic mass is 9.94. The van der Waals surface area contributed by atoms with Crippen LogP contribution < -0.4 is 9.47 Å². The maximum atomic E-state index is 5.50. The van der Waals surface area contributed by atoms with Gasteiger partial charge in [-0.1, -0.05) is 42.5 Å². The number of hydrogen-bond donors (Lipinski definition) is 0. The van der Waals surface area contributed by atoms with Crippen LogP contribution >= 0.6 is 0 Å². The number of aromatic nitrogens is 1. The first-order valence-corrected chi connectivity index (χ1v) is 8.89. The molecule has 0 bridgehead atoms. The maximum Gasteiger partial charge on any atom is 0.161 e. The third-order valence-corrected chi connectivity index (χ3v) is 4.75. The van der Waals surface area contributed by atoms with Gasteiger partial charge in [0.05, 0.1) is 19.7 Å². The standard InChI is InChI=1S/C24H21NO2/c1-16-9-11-20-21(18-10-12-23(26-2)24(15-18)27-3)13-19(14-22(20)25-16)17-7-5-4-6-8-17/h4-15H,1-3H3. The van der Waals surface area contributed by atoms with Crippen molar-refractivity contribution in [3.05, 3.63) is 78.5 Å². The van der Waals surface area contributed by atoms with Gasteiger partial charge >= 0.3 is 0 Å². The summed E-state index contributed by atoms with van der Waals surface area (Å²) in [7, 11) is 3.31. The number of hydrogen-bond acceptors (Lipinski definition) is 3. The van der Waals surface area contributed by atoms with E-state index in [2.05, 4.69) is 54.6 Å². The number of fused-ring (bicyclic) bond motifs is 1. The Bertz CT molecular complexity index is 1100. The van der Waals surface area contributed by atoms with Crippen LogP contribution in [0.5, 0.6) is 11.5 Å². The van der Waals surface area contributed by atoms with Crippen LogP contribution in [-0.2, 0) is 0 Å². The van der Waals surface area contributed by atoms with Gasteiger partial charge in [0.1, 0.15) is 0 Å². The summed E-state index contributed by atoms with van der Waals surface area (Å²) in [6.07, 6.45) is 0. The molecule has 134 valence electrons. The molecule has 4 rings (SSSR count). The fraction of sp³-hybridized carbons (Fsp3) is 0.125. The molecule has 0 saturated carbocycles. The topological polar surface area (TPSA) is 31.4 Å². The summed E-state index contributed by atoms with van der Waals surface area (Å²) in [4.78, 5) is 4.77. The van der Waals surface area contributed by atoms with Crippen LogP contribution in [-0.4, -0.2) is 19.2 Å². The van der Waals surface area contributed by atoms with Crippen molar-refractivity contribution in [2.45, 2.75) is 6.92 Å². The van der Waals surface area contributed by atoms with Crippen molar-refractivity contribution < 1.29 is 9.47 Å². The first-order chi connectivity index (χ1) is 13.2. The highest BCUT2D eigenvalue weighted by Crippen LogP contribution is 2.37. The lowest BCUT2D eigenvalue weighted by molar-refractivity contribution is 0.355. The number of pyridine rings is 1. The molecule has 1 aromatic heterocycles. The van der Waals surface area contributed by atoms with Crippen LogP contribution in [0.3, 0.4) is 0 Å². The van der Waals surface area contributed by atoms with Gasteiger partial charge in [0.25, 0.3) is 0 Å². The summed E-state index contributed by atoms with van der Waals surface area (Å²) < 4.78 is 10.9. The second-order valence-electron chi connectivity index (χ2n) is 6.48. The van der Waals surface area contributed by atoms with E-state index < -0.39 is 0 Å². The van der Waals surface area contributed by atoms with Gasteiger partial charge in [0, 0.05) is 11.1 Å². The Labute approximate surface area is 159 Å². The van der Waals surface area contributed by atoms with Crippen LogP contribution in [0.4, 0.5) is 0 Å². The molecule has 0 aliphatic carbocycles. The van der Waals surface area contributed by atoms with Gasteiger partial charge in [-0.2, -0.15) is 0 Å². The quantitative estimate of drug-likeness (QED) is 0.457. The maximum absolute atomic E-state index is 5.50. The molecule has 0 unspecified atom stereocenters. The molecule has 0 atom stereocenters. The highest BCUT2D eigenvalue weighted by molar-refractivity contribution is 5.98. The molecule has 0 aliphatic rings. The van der Waals surface area contributed by atoms with E-state index in [0.717, 1.165) is 39.0 Å². The predicted octanol–water partition coefficient (Wildman–Crippen LogP) is 5.89. The van der Waals surface area contributed by atoms with Crippen LogP contribution in [0.2, 0.25) is 0 Å². The number of benzene rings is 3. The van der Waals surface area contributed by atoms with Gasteiger partial charge < -0.3 is 9.47 Å². The molecule has 0 amide bonds. The number of nitrogens with zero attached hydrogens (tertiary/aromatic N) is 1. The molecule has 3 nitrogen and oxygen atoms in total. The molecule has 0 aliphatic heterocycles. The molecule has 0 N–H and O–H groups in total. The summed E-state index contributed by atoms with van der Waals surface area (Å²) in [6.45, 7) is 2.02. The summed E-state index contributed by atoms with van der Waals surface area (Å²) in [5.41, 5.74) is 6.50. The van der Waals surface area contributed by atoms with Gasteiger partial charge in [-0.25, -0.2) is 0 Å². The first kappa shape index (κ1) is 17.1. The van der Waals surface area contributed by atoms with Crippen molar-refractivity contribution in [3.63, 3.8) is 0 Å². The molecule has 0 spiro atoms. The molecular weight excluding hydrogens is 334 g/mol. The van der Waals surface area contributed by atoms with Crippen molar-refractivity contribution in [1.82, 2.24) is 4.98 Å². The highest BCUT2D eigenvalue weighted by atomic mass is 16.5. The molecule has 3 aromatic carbocycles. The first-order valence-electron chi connectivity index (χ1n) is 8.89.